The van der Waals surface area contributed by atoms with Gasteiger partial charge in [0.2, 0.25) is 23.1 Å². The summed E-state index contributed by atoms with van der Waals surface area (Å²) >= 11 is 0. The first-order valence-corrected chi connectivity index (χ1v) is 9.34. The summed E-state index contributed by atoms with van der Waals surface area (Å²) in [6, 6.07) is 0. The molecule has 0 aliphatic heterocycles. The highest BCUT2D eigenvalue weighted by molar-refractivity contribution is 6.23. The Hall–Kier alpha value is -1.58. The third kappa shape index (κ3) is 6.33. The number of carbonyl (C=O) groups is 2. The van der Waals surface area contributed by atoms with Crippen LogP contribution in [-0.4, -0.2) is 25.8 Å². The molecule has 0 atom stereocenters. The molecule has 0 aromatic rings. The number of rotatable bonds is 10. The van der Waals surface area contributed by atoms with Gasteiger partial charge in [-0.15, -0.1) is 0 Å². The Labute approximate surface area is 152 Å². The molecule has 0 spiro atoms. The number of hydrogen-bond donors (Lipinski definition) is 0. The van der Waals surface area contributed by atoms with E-state index in [0.29, 0.717) is 23.0 Å². The minimum atomic E-state index is -0.240. The third-order valence-corrected chi connectivity index (χ3v) is 4.70. The lowest BCUT2D eigenvalue weighted by molar-refractivity contribution is -0.121. The highest BCUT2D eigenvalue weighted by Crippen LogP contribution is 2.29. The van der Waals surface area contributed by atoms with Crippen molar-refractivity contribution in [3.8, 4) is 0 Å². The van der Waals surface area contributed by atoms with Crippen molar-refractivity contribution in [2.75, 3.05) is 14.2 Å². The normalized spacial score (nSPS) is 15.9. The highest BCUT2D eigenvalue weighted by Gasteiger charge is 2.34. The molecule has 0 N–H and O–H groups in total. The second-order valence-corrected chi connectivity index (χ2v) is 8.01. The van der Waals surface area contributed by atoms with Crippen LogP contribution < -0.4 is 0 Å². The van der Waals surface area contributed by atoms with Gasteiger partial charge >= 0.3 is 0 Å². The van der Waals surface area contributed by atoms with Gasteiger partial charge < -0.3 is 9.47 Å². The molecule has 0 amide bonds. The number of methoxy groups -OCH3 is 2. The van der Waals surface area contributed by atoms with E-state index in [9.17, 15) is 9.59 Å². The van der Waals surface area contributed by atoms with Crippen LogP contribution in [0.2, 0.25) is 0 Å². The maximum atomic E-state index is 12.5. The van der Waals surface area contributed by atoms with Gasteiger partial charge in [0.25, 0.3) is 0 Å². The Morgan fingerprint density at radius 3 is 1.76 bits per heavy atom. The van der Waals surface area contributed by atoms with Crippen LogP contribution in [0.25, 0.3) is 0 Å². The highest BCUT2D eigenvalue weighted by atomic mass is 16.5. The van der Waals surface area contributed by atoms with Crippen LogP contribution >= 0.6 is 0 Å². The van der Waals surface area contributed by atoms with Gasteiger partial charge in [-0.2, -0.15) is 0 Å². The minimum Gasteiger partial charge on any atom is -0.489 e. The molecule has 4 heteroatoms. The van der Waals surface area contributed by atoms with Crippen LogP contribution in [0, 0.1) is 5.41 Å². The fraction of sp³-hybridized carbons (Fsp3) is 0.714. The third-order valence-electron chi connectivity index (χ3n) is 4.70. The quantitative estimate of drug-likeness (QED) is 0.405. The first-order valence-electron chi connectivity index (χ1n) is 9.34. The largest absolute Gasteiger partial charge is 0.489 e. The molecule has 25 heavy (non-hydrogen) atoms. The first-order chi connectivity index (χ1) is 11.7. The lowest BCUT2D eigenvalue weighted by Crippen LogP contribution is -2.25. The number of ether oxygens (including phenoxy) is 2. The van der Waals surface area contributed by atoms with Crippen molar-refractivity contribution in [1.82, 2.24) is 0 Å². The number of unbranched alkanes of at least 4 members (excludes halogenated alkanes) is 5. The Balaban J connectivity index is 2.41. The van der Waals surface area contributed by atoms with Crippen LogP contribution in [0.5, 0.6) is 0 Å². The average Bonchev–Trinajstić information content (AvgIpc) is 2.54. The molecule has 0 fully saturated rings. The van der Waals surface area contributed by atoms with Crippen LogP contribution in [0.15, 0.2) is 22.7 Å². The minimum absolute atomic E-state index is 0.0209. The lowest BCUT2D eigenvalue weighted by atomic mass is 9.88. The van der Waals surface area contributed by atoms with Crippen molar-refractivity contribution in [3.05, 3.63) is 22.7 Å². The predicted octanol–water partition coefficient (Wildman–Crippen LogP) is 5.13. The van der Waals surface area contributed by atoms with E-state index in [-0.39, 0.29) is 23.1 Å². The molecule has 0 heterocycles. The van der Waals surface area contributed by atoms with Crippen LogP contribution in [0.4, 0.5) is 0 Å². The fourth-order valence-corrected chi connectivity index (χ4v) is 3.16. The molecule has 1 rings (SSSR count). The standard InChI is InChI=1S/C21H34O4/c1-15-16(18(23)20(25-6)19(24-5)17(15)22)13-11-9-7-8-10-12-14-21(2,3)4/h7-14H2,1-6H3. The van der Waals surface area contributed by atoms with Gasteiger partial charge in [0.1, 0.15) is 0 Å². The van der Waals surface area contributed by atoms with Crippen LogP contribution in [-0.2, 0) is 19.1 Å². The number of carbonyl (C=O) groups excluding carboxylic acids is 2. The van der Waals surface area contributed by atoms with Gasteiger partial charge in [0.05, 0.1) is 14.2 Å². The predicted molar refractivity (Wildman–Crippen MR) is 100 cm³/mol. The number of allylic oxidation sites excluding steroid dienone is 2. The molecule has 0 bridgehead atoms. The molecular weight excluding hydrogens is 316 g/mol. The van der Waals surface area contributed by atoms with E-state index >= 15 is 0 Å². The maximum absolute atomic E-state index is 12.5. The molecule has 4 nitrogen and oxygen atoms in total. The van der Waals surface area contributed by atoms with E-state index in [1.165, 1.54) is 46.3 Å². The van der Waals surface area contributed by atoms with Gasteiger partial charge in [0, 0.05) is 11.1 Å². The summed E-state index contributed by atoms with van der Waals surface area (Å²) in [5.41, 5.74) is 1.49. The van der Waals surface area contributed by atoms with E-state index in [0.717, 1.165) is 12.8 Å². The van der Waals surface area contributed by atoms with E-state index < -0.39 is 0 Å². The first kappa shape index (κ1) is 21.5. The Kier molecular flexibility index (Phi) is 8.40. The zero-order valence-corrected chi connectivity index (χ0v) is 16.8. The molecule has 0 radical (unpaired) electrons. The molecule has 0 aromatic heterocycles. The van der Waals surface area contributed by atoms with E-state index in [2.05, 4.69) is 20.8 Å². The van der Waals surface area contributed by atoms with Crippen molar-refractivity contribution < 1.29 is 19.1 Å². The van der Waals surface area contributed by atoms with Crippen molar-refractivity contribution >= 4 is 11.6 Å². The summed E-state index contributed by atoms with van der Waals surface area (Å²) in [7, 11) is 2.78. The second-order valence-electron chi connectivity index (χ2n) is 8.01. The summed E-state index contributed by atoms with van der Waals surface area (Å²) in [5.74, 6) is -0.388. The van der Waals surface area contributed by atoms with E-state index in [1.807, 2.05) is 0 Å². The van der Waals surface area contributed by atoms with Gasteiger partial charge in [-0.1, -0.05) is 52.9 Å². The van der Waals surface area contributed by atoms with E-state index in [1.54, 1.807) is 6.92 Å². The number of ketones is 2. The van der Waals surface area contributed by atoms with Gasteiger partial charge in [0.15, 0.2) is 0 Å². The zero-order valence-electron chi connectivity index (χ0n) is 16.8. The lowest BCUT2D eigenvalue weighted by Gasteiger charge is -2.20. The Morgan fingerprint density at radius 1 is 0.760 bits per heavy atom. The molecule has 0 saturated carbocycles. The molecule has 0 saturated heterocycles. The average molecular weight is 350 g/mol. The fourth-order valence-electron chi connectivity index (χ4n) is 3.16. The number of hydrogen-bond acceptors (Lipinski definition) is 4. The molecule has 1 aliphatic carbocycles. The molecular formula is C21H34O4. The summed E-state index contributed by atoms with van der Waals surface area (Å²) in [4.78, 5) is 24.8. The maximum Gasteiger partial charge on any atom is 0.228 e. The second kappa shape index (κ2) is 9.79. The van der Waals surface area contributed by atoms with Crippen molar-refractivity contribution in [1.29, 1.82) is 0 Å². The smallest absolute Gasteiger partial charge is 0.228 e. The van der Waals surface area contributed by atoms with Crippen molar-refractivity contribution in [2.45, 2.75) is 79.1 Å². The van der Waals surface area contributed by atoms with Crippen LogP contribution in [0.1, 0.15) is 79.1 Å². The zero-order chi connectivity index (χ0) is 19.0. The topological polar surface area (TPSA) is 52.6 Å². The van der Waals surface area contributed by atoms with Crippen LogP contribution in [0.3, 0.4) is 0 Å². The summed E-state index contributed by atoms with van der Waals surface area (Å²) < 4.78 is 10.2. The van der Waals surface area contributed by atoms with Gasteiger partial charge in [-0.05, 0) is 31.6 Å². The molecule has 142 valence electrons. The SMILES string of the molecule is COC1=C(OC)C(=O)C(CCCCCCCCC(C)(C)C)=C(C)C1=O. The molecule has 0 aromatic carbocycles. The monoisotopic (exact) mass is 350 g/mol. The molecule has 1 aliphatic rings. The summed E-state index contributed by atoms with van der Waals surface area (Å²) in [5, 5.41) is 0. The van der Waals surface area contributed by atoms with Crippen molar-refractivity contribution in [2.24, 2.45) is 5.41 Å². The Morgan fingerprint density at radius 2 is 1.24 bits per heavy atom. The molecule has 0 unspecified atom stereocenters. The summed E-state index contributed by atoms with van der Waals surface area (Å²) in [6.07, 6.45) is 8.85. The summed E-state index contributed by atoms with van der Waals surface area (Å²) in [6.45, 7) is 8.54. The Bertz CT molecular complexity index is 547. The van der Waals surface area contributed by atoms with Gasteiger partial charge in [-0.25, -0.2) is 0 Å². The van der Waals surface area contributed by atoms with E-state index in [4.69, 9.17) is 9.47 Å². The van der Waals surface area contributed by atoms with Crippen molar-refractivity contribution in [3.63, 3.8) is 0 Å². The number of Topliss-reactive ketones (excluding diaryl/α,β-unsaturated/α-hetero) is 2. The van der Waals surface area contributed by atoms with Gasteiger partial charge in [-0.3, -0.25) is 9.59 Å².